The fourth-order valence-corrected chi connectivity index (χ4v) is 3.06. The first-order valence-corrected chi connectivity index (χ1v) is 8.29. The Morgan fingerprint density at radius 3 is 2.96 bits per heavy atom. The summed E-state index contributed by atoms with van der Waals surface area (Å²) in [5, 5.41) is 5.41. The monoisotopic (exact) mass is 346 g/mol. The second kappa shape index (κ2) is 7.57. The van der Waals surface area contributed by atoms with Gasteiger partial charge in [-0.05, 0) is 37.5 Å². The number of methoxy groups -OCH3 is 1. The summed E-state index contributed by atoms with van der Waals surface area (Å²) in [5.74, 6) is 0.184. The third-order valence-electron chi connectivity index (χ3n) is 4.34. The van der Waals surface area contributed by atoms with Gasteiger partial charge in [0.2, 0.25) is 0 Å². The van der Waals surface area contributed by atoms with Crippen LogP contribution in [0.1, 0.15) is 31.4 Å². The average Bonchev–Trinajstić information content (AvgIpc) is 3.12. The molecule has 0 radical (unpaired) electrons. The second-order valence-electron chi connectivity index (χ2n) is 6.08. The lowest BCUT2D eigenvalue weighted by Gasteiger charge is -2.28. The van der Waals surface area contributed by atoms with Crippen molar-refractivity contribution in [2.75, 3.05) is 20.3 Å². The van der Waals surface area contributed by atoms with Crippen molar-refractivity contribution in [2.45, 2.75) is 31.9 Å². The number of carbonyl (C=O) groups is 2. The van der Waals surface area contributed by atoms with E-state index in [9.17, 15) is 9.59 Å². The molecule has 1 aromatic rings. The molecule has 1 saturated heterocycles. The van der Waals surface area contributed by atoms with Crippen molar-refractivity contribution >= 4 is 12.0 Å². The molecule has 0 saturated carbocycles. The van der Waals surface area contributed by atoms with Gasteiger partial charge in [-0.2, -0.15) is 0 Å². The third kappa shape index (κ3) is 3.93. The van der Waals surface area contributed by atoms with Gasteiger partial charge in [-0.1, -0.05) is 12.1 Å². The summed E-state index contributed by atoms with van der Waals surface area (Å²) in [7, 11) is 1.57. The maximum Gasteiger partial charge on any atom is 0.338 e. The summed E-state index contributed by atoms with van der Waals surface area (Å²) in [6, 6.07) is 6.28. The van der Waals surface area contributed by atoms with E-state index in [1.165, 1.54) is 0 Å². The van der Waals surface area contributed by atoms with Crippen molar-refractivity contribution in [3.05, 3.63) is 41.1 Å². The number of nitrogens with one attached hydrogen (secondary N) is 2. The molecule has 0 spiro atoms. The summed E-state index contributed by atoms with van der Waals surface area (Å²) in [5.41, 5.74) is 1.61. The van der Waals surface area contributed by atoms with E-state index in [0.717, 1.165) is 18.4 Å². The maximum atomic E-state index is 12.7. The number of urea groups is 1. The highest BCUT2D eigenvalue weighted by atomic mass is 16.6. The Bertz CT molecular complexity index is 694. The Labute approximate surface area is 146 Å². The molecular weight excluding hydrogens is 324 g/mol. The number of amides is 2. The number of hydrogen-bond donors (Lipinski definition) is 2. The van der Waals surface area contributed by atoms with Gasteiger partial charge in [-0.15, -0.1) is 0 Å². The zero-order valence-corrected chi connectivity index (χ0v) is 14.3. The van der Waals surface area contributed by atoms with Gasteiger partial charge in [-0.25, -0.2) is 9.59 Å². The molecule has 3 rings (SSSR count). The topological polar surface area (TPSA) is 85.9 Å². The van der Waals surface area contributed by atoms with Crippen molar-refractivity contribution in [2.24, 2.45) is 0 Å². The molecule has 0 unspecified atom stereocenters. The van der Waals surface area contributed by atoms with E-state index in [4.69, 9.17) is 14.2 Å². The Hall–Kier alpha value is -2.54. The molecule has 0 aromatic heterocycles. The Morgan fingerprint density at radius 2 is 2.24 bits per heavy atom. The van der Waals surface area contributed by atoms with Gasteiger partial charge >= 0.3 is 12.0 Å². The molecule has 25 heavy (non-hydrogen) atoms. The molecule has 134 valence electrons. The molecule has 2 heterocycles. The van der Waals surface area contributed by atoms with E-state index < -0.39 is 12.0 Å². The zero-order chi connectivity index (χ0) is 17.8. The van der Waals surface area contributed by atoms with Gasteiger partial charge in [0.1, 0.15) is 12.4 Å². The van der Waals surface area contributed by atoms with Crippen molar-refractivity contribution in [1.29, 1.82) is 0 Å². The number of benzene rings is 1. The molecule has 0 aliphatic carbocycles. The van der Waals surface area contributed by atoms with E-state index in [1.54, 1.807) is 26.2 Å². The predicted octanol–water partition coefficient (Wildman–Crippen LogP) is 2.05. The highest BCUT2D eigenvalue weighted by Crippen LogP contribution is 2.29. The smallest absolute Gasteiger partial charge is 0.338 e. The molecule has 7 heteroatoms. The van der Waals surface area contributed by atoms with Crippen LogP contribution in [0.25, 0.3) is 0 Å². The van der Waals surface area contributed by atoms with Crippen LogP contribution in [-0.4, -0.2) is 38.4 Å². The first kappa shape index (κ1) is 17.3. The van der Waals surface area contributed by atoms with E-state index in [2.05, 4.69) is 10.6 Å². The molecule has 1 aromatic carbocycles. The summed E-state index contributed by atoms with van der Waals surface area (Å²) in [6.45, 7) is 2.61. The van der Waals surface area contributed by atoms with Gasteiger partial charge in [0, 0.05) is 12.3 Å². The Morgan fingerprint density at radius 1 is 1.40 bits per heavy atom. The standard InChI is InChI=1S/C18H22N2O5/c1-11-15(17(21)25-10-14-7-4-8-24-14)16(20-18(22)19-11)12-5-3-6-13(9-12)23-2/h3,5-6,9,14,16H,4,7-8,10H2,1-2H3,(H2,19,20,22)/t14-,16+/m0/s1. The van der Waals surface area contributed by atoms with E-state index in [0.29, 0.717) is 23.6 Å². The minimum absolute atomic E-state index is 0.0498. The first-order valence-electron chi connectivity index (χ1n) is 8.29. The van der Waals surface area contributed by atoms with Gasteiger partial charge < -0.3 is 24.8 Å². The molecule has 2 N–H and O–H groups in total. The minimum atomic E-state index is -0.596. The number of ether oxygens (including phenoxy) is 3. The van der Waals surface area contributed by atoms with E-state index >= 15 is 0 Å². The van der Waals surface area contributed by atoms with Gasteiger partial charge in [0.05, 0.1) is 24.8 Å². The molecule has 7 nitrogen and oxygen atoms in total. The number of rotatable bonds is 5. The number of allylic oxidation sites excluding steroid dienone is 1. The lowest BCUT2D eigenvalue weighted by Crippen LogP contribution is -2.45. The normalized spacial score (nSPS) is 23.0. The minimum Gasteiger partial charge on any atom is -0.497 e. The lowest BCUT2D eigenvalue weighted by molar-refractivity contribution is -0.142. The molecular formula is C18H22N2O5. The van der Waals surface area contributed by atoms with Crippen LogP contribution in [0.3, 0.4) is 0 Å². The maximum absolute atomic E-state index is 12.7. The number of hydrogen-bond acceptors (Lipinski definition) is 5. The van der Waals surface area contributed by atoms with Crippen LogP contribution in [0.2, 0.25) is 0 Å². The summed E-state index contributed by atoms with van der Waals surface area (Å²) >= 11 is 0. The van der Waals surface area contributed by atoms with Crippen molar-refractivity contribution in [3.8, 4) is 5.75 Å². The molecule has 2 amide bonds. The Kier molecular flexibility index (Phi) is 5.23. The van der Waals surface area contributed by atoms with Crippen LogP contribution < -0.4 is 15.4 Å². The summed E-state index contributed by atoms with van der Waals surface area (Å²) in [4.78, 5) is 24.5. The van der Waals surface area contributed by atoms with Crippen LogP contribution in [0, 0.1) is 0 Å². The molecule has 1 fully saturated rings. The average molecular weight is 346 g/mol. The van der Waals surface area contributed by atoms with Gasteiger partial charge in [0.15, 0.2) is 0 Å². The second-order valence-corrected chi connectivity index (χ2v) is 6.08. The number of esters is 1. The van der Waals surface area contributed by atoms with Crippen LogP contribution in [-0.2, 0) is 14.3 Å². The SMILES string of the molecule is COc1cccc([C@H]2NC(=O)NC(C)=C2C(=O)OC[C@@H]2CCCO2)c1. The summed E-state index contributed by atoms with van der Waals surface area (Å²) in [6.07, 6.45) is 1.82. The highest BCUT2D eigenvalue weighted by Gasteiger charge is 2.33. The van der Waals surface area contributed by atoms with Crippen LogP contribution in [0.4, 0.5) is 4.79 Å². The molecule has 2 aliphatic rings. The van der Waals surface area contributed by atoms with Gasteiger partial charge in [0.25, 0.3) is 0 Å². The lowest BCUT2D eigenvalue weighted by atomic mass is 9.95. The van der Waals surface area contributed by atoms with Crippen LogP contribution in [0.15, 0.2) is 35.5 Å². The predicted molar refractivity (Wildman–Crippen MR) is 90.0 cm³/mol. The van der Waals surface area contributed by atoms with Gasteiger partial charge in [-0.3, -0.25) is 0 Å². The van der Waals surface area contributed by atoms with Crippen LogP contribution in [0.5, 0.6) is 5.75 Å². The summed E-state index contributed by atoms with van der Waals surface area (Å²) < 4.78 is 16.1. The Balaban J connectivity index is 1.82. The van der Waals surface area contributed by atoms with Crippen LogP contribution >= 0.6 is 0 Å². The molecule has 2 atom stereocenters. The highest BCUT2D eigenvalue weighted by molar-refractivity contribution is 5.95. The quantitative estimate of drug-likeness (QED) is 0.797. The fourth-order valence-electron chi connectivity index (χ4n) is 3.06. The molecule has 0 bridgehead atoms. The van der Waals surface area contributed by atoms with E-state index in [-0.39, 0.29) is 18.7 Å². The van der Waals surface area contributed by atoms with Crippen molar-refractivity contribution in [1.82, 2.24) is 10.6 Å². The molecule has 2 aliphatic heterocycles. The van der Waals surface area contributed by atoms with Crippen molar-refractivity contribution in [3.63, 3.8) is 0 Å². The third-order valence-corrected chi connectivity index (χ3v) is 4.34. The first-order chi connectivity index (χ1) is 12.1. The van der Waals surface area contributed by atoms with Crippen molar-refractivity contribution < 1.29 is 23.8 Å². The number of carbonyl (C=O) groups excluding carboxylic acids is 2. The zero-order valence-electron chi connectivity index (χ0n) is 14.3. The van der Waals surface area contributed by atoms with E-state index in [1.807, 2.05) is 12.1 Å². The largest absolute Gasteiger partial charge is 0.497 e. The fraction of sp³-hybridized carbons (Fsp3) is 0.444.